The molecular weight excluding hydrogens is 364 g/mol. The fraction of sp³-hybridized carbons (Fsp3) is 0.267. The third-order valence-corrected chi connectivity index (χ3v) is 4.02. The van der Waals surface area contributed by atoms with Crippen molar-refractivity contribution in [2.45, 2.75) is 12.5 Å². The number of nitrogens with one attached hydrogen (secondary N) is 1. The molecule has 1 aliphatic rings. The SMILES string of the molecule is C#CCOc1c(Br)cc(C2CC(=O)Nc3ncnn32)cc1OC. The molecule has 0 fully saturated rings. The van der Waals surface area contributed by atoms with Crippen LogP contribution in [0.5, 0.6) is 11.5 Å². The summed E-state index contributed by atoms with van der Waals surface area (Å²) >= 11 is 3.46. The molecule has 1 aliphatic heterocycles. The number of rotatable bonds is 4. The van der Waals surface area contributed by atoms with Crippen LogP contribution in [0.15, 0.2) is 22.9 Å². The second-order valence-corrected chi connectivity index (χ2v) is 5.68. The standard InChI is InChI=1S/C15H13BrN4O3/c1-3-4-23-14-10(16)5-9(6-12(14)22-2)11-7-13(21)19-15-17-8-18-20(11)15/h1,5-6,8,11H,4,7H2,2H3,(H,17,18,19,21). The van der Waals surface area contributed by atoms with Crippen LogP contribution in [-0.4, -0.2) is 34.4 Å². The van der Waals surface area contributed by atoms with Gasteiger partial charge in [0.05, 0.1) is 24.0 Å². The van der Waals surface area contributed by atoms with Gasteiger partial charge in [0.15, 0.2) is 11.5 Å². The van der Waals surface area contributed by atoms with Crippen molar-refractivity contribution in [3.8, 4) is 23.8 Å². The number of carbonyl (C=O) groups is 1. The van der Waals surface area contributed by atoms with E-state index in [1.807, 2.05) is 12.1 Å². The molecule has 3 rings (SSSR count). The number of anilines is 1. The molecule has 1 atom stereocenters. The monoisotopic (exact) mass is 376 g/mol. The zero-order valence-corrected chi connectivity index (χ0v) is 13.8. The second-order valence-electron chi connectivity index (χ2n) is 4.82. The number of fused-ring (bicyclic) bond motifs is 1. The number of terminal acetylenes is 1. The summed E-state index contributed by atoms with van der Waals surface area (Å²) in [7, 11) is 1.54. The zero-order valence-electron chi connectivity index (χ0n) is 12.2. The molecule has 0 radical (unpaired) electrons. The van der Waals surface area contributed by atoms with Crippen molar-refractivity contribution in [2.75, 3.05) is 19.0 Å². The lowest BCUT2D eigenvalue weighted by molar-refractivity contribution is -0.117. The maximum atomic E-state index is 11.9. The van der Waals surface area contributed by atoms with Gasteiger partial charge in [0, 0.05) is 0 Å². The Morgan fingerprint density at radius 3 is 3.13 bits per heavy atom. The van der Waals surface area contributed by atoms with Gasteiger partial charge in [0.2, 0.25) is 11.9 Å². The third-order valence-electron chi connectivity index (χ3n) is 3.43. The summed E-state index contributed by atoms with van der Waals surface area (Å²) in [5.74, 6) is 3.77. The highest BCUT2D eigenvalue weighted by Gasteiger charge is 2.29. The highest BCUT2D eigenvalue weighted by molar-refractivity contribution is 9.10. The summed E-state index contributed by atoms with van der Waals surface area (Å²) in [4.78, 5) is 15.9. The first kappa shape index (κ1) is 15.4. The molecule has 0 bridgehead atoms. The number of hydrogen-bond acceptors (Lipinski definition) is 5. The van der Waals surface area contributed by atoms with Gasteiger partial charge in [-0.1, -0.05) is 5.92 Å². The number of benzene rings is 1. The third kappa shape index (κ3) is 2.87. The van der Waals surface area contributed by atoms with E-state index in [2.05, 4.69) is 37.2 Å². The minimum Gasteiger partial charge on any atom is -0.493 e. The van der Waals surface area contributed by atoms with Crippen molar-refractivity contribution in [3.63, 3.8) is 0 Å². The Morgan fingerprint density at radius 1 is 1.57 bits per heavy atom. The molecule has 1 aromatic carbocycles. The Bertz CT molecular complexity index is 797. The van der Waals surface area contributed by atoms with Gasteiger partial charge in [0.1, 0.15) is 12.9 Å². The van der Waals surface area contributed by atoms with E-state index < -0.39 is 0 Å². The number of hydrogen-bond donors (Lipinski definition) is 1. The summed E-state index contributed by atoms with van der Waals surface area (Å²) in [5.41, 5.74) is 0.850. The van der Waals surface area contributed by atoms with Gasteiger partial charge in [-0.25, -0.2) is 4.68 Å². The lowest BCUT2D eigenvalue weighted by Crippen LogP contribution is -2.29. The average Bonchev–Trinajstić information content (AvgIpc) is 3.00. The summed E-state index contributed by atoms with van der Waals surface area (Å²) in [6, 6.07) is 3.40. The van der Waals surface area contributed by atoms with Crippen LogP contribution >= 0.6 is 15.9 Å². The molecule has 23 heavy (non-hydrogen) atoms. The predicted molar refractivity (Wildman–Crippen MR) is 86.4 cm³/mol. The number of aromatic nitrogens is 3. The molecule has 0 saturated heterocycles. The zero-order chi connectivity index (χ0) is 16.4. The van der Waals surface area contributed by atoms with Gasteiger partial charge < -0.3 is 9.47 Å². The Morgan fingerprint density at radius 2 is 2.39 bits per heavy atom. The van der Waals surface area contributed by atoms with Crippen molar-refractivity contribution >= 4 is 27.8 Å². The number of nitrogens with zero attached hydrogens (tertiary/aromatic N) is 3. The topological polar surface area (TPSA) is 78.3 Å². The molecular formula is C15H13BrN4O3. The van der Waals surface area contributed by atoms with Crippen LogP contribution in [0, 0.1) is 12.3 Å². The Kier molecular flexibility index (Phi) is 4.21. The van der Waals surface area contributed by atoms with E-state index in [-0.39, 0.29) is 25.0 Å². The van der Waals surface area contributed by atoms with Gasteiger partial charge in [-0.3, -0.25) is 10.1 Å². The molecule has 0 aliphatic carbocycles. The van der Waals surface area contributed by atoms with E-state index in [0.29, 0.717) is 21.9 Å². The number of carbonyl (C=O) groups excluding carboxylic acids is 1. The second kappa shape index (κ2) is 6.30. The first-order valence-corrected chi connectivity index (χ1v) is 7.56. The van der Waals surface area contributed by atoms with Crippen LogP contribution in [0.1, 0.15) is 18.0 Å². The van der Waals surface area contributed by atoms with Crippen LogP contribution in [0.3, 0.4) is 0 Å². The molecule has 8 heteroatoms. The molecule has 7 nitrogen and oxygen atoms in total. The van der Waals surface area contributed by atoms with Gasteiger partial charge in [0.25, 0.3) is 0 Å². The van der Waals surface area contributed by atoms with E-state index in [0.717, 1.165) is 5.56 Å². The van der Waals surface area contributed by atoms with E-state index in [1.165, 1.54) is 6.33 Å². The molecule has 1 unspecified atom stereocenters. The van der Waals surface area contributed by atoms with E-state index in [1.54, 1.807) is 11.8 Å². The van der Waals surface area contributed by atoms with E-state index >= 15 is 0 Å². The molecule has 1 N–H and O–H groups in total. The Hall–Kier alpha value is -2.53. The van der Waals surface area contributed by atoms with Gasteiger partial charge in [-0.05, 0) is 33.6 Å². The van der Waals surface area contributed by atoms with Crippen molar-refractivity contribution in [1.82, 2.24) is 14.8 Å². The summed E-state index contributed by atoms with van der Waals surface area (Å²) in [6.45, 7) is 0.132. The number of ether oxygens (including phenoxy) is 2. The van der Waals surface area contributed by atoms with E-state index in [9.17, 15) is 4.79 Å². The molecule has 1 amide bonds. The Labute approximate surface area is 141 Å². The van der Waals surface area contributed by atoms with Crippen molar-refractivity contribution in [2.24, 2.45) is 0 Å². The largest absolute Gasteiger partial charge is 0.493 e. The molecule has 2 aromatic rings. The quantitative estimate of drug-likeness (QED) is 0.825. The van der Waals surface area contributed by atoms with Crippen molar-refractivity contribution < 1.29 is 14.3 Å². The highest BCUT2D eigenvalue weighted by Crippen LogP contribution is 2.40. The van der Waals surface area contributed by atoms with Crippen LogP contribution in [0.2, 0.25) is 0 Å². The Balaban J connectivity index is 2.03. The van der Waals surface area contributed by atoms with Crippen LogP contribution < -0.4 is 14.8 Å². The van der Waals surface area contributed by atoms with Crippen molar-refractivity contribution in [1.29, 1.82) is 0 Å². The van der Waals surface area contributed by atoms with Gasteiger partial charge in [-0.15, -0.1) is 6.42 Å². The first-order valence-electron chi connectivity index (χ1n) is 6.77. The summed E-state index contributed by atoms with van der Waals surface area (Å²) < 4.78 is 13.2. The molecule has 1 aromatic heterocycles. The highest BCUT2D eigenvalue weighted by atomic mass is 79.9. The molecule has 0 saturated carbocycles. The van der Waals surface area contributed by atoms with Crippen molar-refractivity contribution in [3.05, 3.63) is 28.5 Å². The lowest BCUT2D eigenvalue weighted by atomic mass is 10.0. The van der Waals surface area contributed by atoms with E-state index in [4.69, 9.17) is 15.9 Å². The normalized spacial score (nSPS) is 16.2. The van der Waals surface area contributed by atoms with Gasteiger partial charge in [-0.2, -0.15) is 10.1 Å². The predicted octanol–water partition coefficient (Wildman–Crippen LogP) is 1.99. The average molecular weight is 377 g/mol. The maximum absolute atomic E-state index is 11.9. The number of amides is 1. The summed E-state index contributed by atoms with van der Waals surface area (Å²) in [5, 5.41) is 6.87. The van der Waals surface area contributed by atoms with Gasteiger partial charge >= 0.3 is 0 Å². The lowest BCUT2D eigenvalue weighted by Gasteiger charge is -2.24. The smallest absolute Gasteiger partial charge is 0.229 e. The molecule has 0 spiro atoms. The fourth-order valence-electron chi connectivity index (χ4n) is 2.45. The summed E-state index contributed by atoms with van der Waals surface area (Å²) in [6.07, 6.45) is 6.89. The van der Waals surface area contributed by atoms with Crippen LogP contribution in [0.4, 0.5) is 5.95 Å². The van der Waals surface area contributed by atoms with Crippen LogP contribution in [0.25, 0.3) is 0 Å². The minimum absolute atomic E-state index is 0.113. The molecule has 2 heterocycles. The maximum Gasteiger partial charge on any atom is 0.229 e. The van der Waals surface area contributed by atoms with Crippen LogP contribution in [-0.2, 0) is 4.79 Å². The fourth-order valence-corrected chi connectivity index (χ4v) is 3.02. The minimum atomic E-state index is -0.270. The number of halogens is 1. The number of methoxy groups -OCH3 is 1. The first-order chi connectivity index (χ1) is 11.1. The molecule has 118 valence electrons.